The molecule has 1 saturated heterocycles. The maximum absolute atomic E-state index is 11.9. The van der Waals surface area contributed by atoms with Gasteiger partial charge in [0.1, 0.15) is 5.57 Å². The predicted octanol–water partition coefficient (Wildman–Crippen LogP) is 2.09. The van der Waals surface area contributed by atoms with Crippen molar-refractivity contribution >= 4 is 18.0 Å². The minimum Gasteiger partial charge on any atom is -0.419 e. The molecule has 0 bridgehead atoms. The third-order valence-electron chi connectivity index (χ3n) is 3.12. The highest BCUT2D eigenvalue weighted by molar-refractivity contribution is 6.18. The van der Waals surface area contributed by atoms with E-state index in [1.807, 2.05) is 22.9 Å². The number of ether oxygens (including phenoxy) is 2. The van der Waals surface area contributed by atoms with Crippen LogP contribution in [0.5, 0.6) is 0 Å². The van der Waals surface area contributed by atoms with Gasteiger partial charge in [-0.3, -0.25) is 0 Å². The molecule has 0 atom stereocenters. The van der Waals surface area contributed by atoms with E-state index < -0.39 is 17.7 Å². The molecule has 112 valence electrons. The van der Waals surface area contributed by atoms with Gasteiger partial charge in [-0.25, -0.2) is 14.6 Å². The van der Waals surface area contributed by atoms with Crippen LogP contribution in [0.3, 0.4) is 0 Å². The summed E-state index contributed by atoms with van der Waals surface area (Å²) in [6.07, 6.45) is 6.65. The molecule has 0 N–H and O–H groups in total. The van der Waals surface area contributed by atoms with Gasteiger partial charge in [-0.15, -0.1) is 0 Å². The van der Waals surface area contributed by atoms with Gasteiger partial charge < -0.3 is 14.0 Å². The second-order valence-corrected chi connectivity index (χ2v) is 5.30. The lowest BCUT2D eigenvalue weighted by Gasteiger charge is -2.29. The molecule has 22 heavy (non-hydrogen) atoms. The van der Waals surface area contributed by atoms with Crippen LogP contribution >= 0.6 is 0 Å². The van der Waals surface area contributed by atoms with E-state index in [1.165, 1.54) is 19.9 Å². The first-order valence-electron chi connectivity index (χ1n) is 6.71. The molecule has 0 unspecified atom stereocenters. The Morgan fingerprint density at radius 1 is 1.09 bits per heavy atom. The third kappa shape index (κ3) is 2.76. The fourth-order valence-corrected chi connectivity index (χ4v) is 2.10. The number of esters is 2. The average Bonchev–Trinajstić information content (AvgIpc) is 2.97. The van der Waals surface area contributed by atoms with Crippen molar-refractivity contribution in [2.45, 2.75) is 19.6 Å². The van der Waals surface area contributed by atoms with Gasteiger partial charge in [-0.05, 0) is 23.8 Å². The zero-order valence-corrected chi connectivity index (χ0v) is 12.1. The van der Waals surface area contributed by atoms with Crippen molar-refractivity contribution in [3.8, 4) is 5.69 Å². The standard InChI is InChI=1S/C16H14N2O4/c1-16(2)21-14(19)13(15(20)22-16)9-11-3-5-12(6-4-11)18-8-7-17-10-18/h3-10H,1-2H3. The lowest BCUT2D eigenvalue weighted by Crippen LogP contribution is -2.41. The van der Waals surface area contributed by atoms with Gasteiger partial charge >= 0.3 is 11.9 Å². The topological polar surface area (TPSA) is 70.4 Å². The number of aromatic nitrogens is 2. The molecular weight excluding hydrogens is 284 g/mol. The summed E-state index contributed by atoms with van der Waals surface area (Å²) in [7, 11) is 0. The molecule has 1 aromatic heterocycles. The third-order valence-corrected chi connectivity index (χ3v) is 3.12. The number of cyclic esters (lactones) is 2. The molecule has 3 rings (SSSR count). The van der Waals surface area contributed by atoms with E-state index in [-0.39, 0.29) is 5.57 Å². The normalized spacial score (nSPS) is 16.9. The van der Waals surface area contributed by atoms with Gasteiger partial charge in [-0.1, -0.05) is 12.1 Å². The number of carbonyl (C=O) groups excluding carboxylic acids is 2. The fourth-order valence-electron chi connectivity index (χ4n) is 2.10. The molecule has 1 aliphatic heterocycles. The smallest absolute Gasteiger partial charge is 0.348 e. The Bertz CT molecular complexity index is 721. The maximum atomic E-state index is 11.9. The second-order valence-electron chi connectivity index (χ2n) is 5.30. The first kappa shape index (κ1) is 14.1. The van der Waals surface area contributed by atoms with Crippen LogP contribution in [-0.2, 0) is 19.1 Å². The first-order valence-corrected chi connectivity index (χ1v) is 6.71. The van der Waals surface area contributed by atoms with E-state index in [1.54, 1.807) is 24.7 Å². The largest absolute Gasteiger partial charge is 0.419 e. The summed E-state index contributed by atoms with van der Waals surface area (Å²) in [5.74, 6) is -2.59. The Balaban J connectivity index is 1.86. The van der Waals surface area contributed by atoms with Crippen molar-refractivity contribution in [3.05, 3.63) is 54.1 Å². The highest BCUT2D eigenvalue weighted by Gasteiger charge is 2.38. The Kier molecular flexibility index (Phi) is 3.29. The minimum atomic E-state index is -1.23. The Hall–Kier alpha value is -2.89. The molecule has 0 spiro atoms. The Morgan fingerprint density at radius 3 is 2.27 bits per heavy atom. The van der Waals surface area contributed by atoms with Crippen molar-refractivity contribution in [1.82, 2.24) is 9.55 Å². The monoisotopic (exact) mass is 298 g/mol. The zero-order valence-electron chi connectivity index (χ0n) is 12.1. The van der Waals surface area contributed by atoms with Crippen LogP contribution in [0.1, 0.15) is 19.4 Å². The minimum absolute atomic E-state index is 0.116. The van der Waals surface area contributed by atoms with E-state index in [0.29, 0.717) is 5.56 Å². The van der Waals surface area contributed by atoms with Crippen molar-refractivity contribution in [2.75, 3.05) is 0 Å². The molecule has 2 heterocycles. The summed E-state index contributed by atoms with van der Waals surface area (Å²) < 4.78 is 11.9. The molecule has 1 aromatic carbocycles. The number of rotatable bonds is 2. The van der Waals surface area contributed by atoms with Gasteiger partial charge in [0.05, 0.1) is 6.33 Å². The van der Waals surface area contributed by atoms with Gasteiger partial charge in [-0.2, -0.15) is 0 Å². The molecule has 2 aromatic rings. The van der Waals surface area contributed by atoms with Crippen molar-refractivity contribution in [1.29, 1.82) is 0 Å². The highest BCUT2D eigenvalue weighted by Crippen LogP contribution is 2.24. The van der Waals surface area contributed by atoms with Crippen LogP contribution in [0.15, 0.2) is 48.6 Å². The fraction of sp³-hybridized carbons (Fsp3) is 0.188. The number of benzene rings is 1. The van der Waals surface area contributed by atoms with Gasteiger partial charge in [0.25, 0.3) is 5.79 Å². The van der Waals surface area contributed by atoms with E-state index >= 15 is 0 Å². The Labute approximate surface area is 127 Å². The molecule has 1 aliphatic rings. The Morgan fingerprint density at radius 2 is 1.73 bits per heavy atom. The SMILES string of the molecule is CC1(C)OC(=O)C(=Cc2ccc(-n3ccnc3)cc2)C(=O)O1. The predicted molar refractivity (Wildman–Crippen MR) is 77.8 cm³/mol. The number of hydrogen-bond donors (Lipinski definition) is 0. The molecule has 6 heteroatoms. The van der Waals surface area contributed by atoms with E-state index in [2.05, 4.69) is 4.98 Å². The molecule has 0 saturated carbocycles. The summed E-state index contributed by atoms with van der Waals surface area (Å²) in [5.41, 5.74) is 1.51. The quantitative estimate of drug-likeness (QED) is 0.482. The summed E-state index contributed by atoms with van der Waals surface area (Å²) in [6.45, 7) is 3.03. The average molecular weight is 298 g/mol. The number of carbonyl (C=O) groups is 2. The summed E-state index contributed by atoms with van der Waals surface area (Å²) in [6, 6.07) is 7.31. The lowest BCUT2D eigenvalue weighted by molar-refractivity contribution is -0.222. The number of hydrogen-bond acceptors (Lipinski definition) is 5. The number of imidazole rings is 1. The first-order chi connectivity index (χ1) is 10.4. The van der Waals surface area contributed by atoms with Gasteiger partial charge in [0.2, 0.25) is 0 Å². The van der Waals surface area contributed by atoms with E-state index in [4.69, 9.17) is 9.47 Å². The van der Waals surface area contributed by atoms with E-state index in [0.717, 1.165) is 5.69 Å². The summed E-state index contributed by atoms with van der Waals surface area (Å²) in [5, 5.41) is 0. The zero-order chi connectivity index (χ0) is 15.7. The van der Waals surface area contributed by atoms with Gasteiger partial charge in [0.15, 0.2) is 0 Å². The lowest BCUT2D eigenvalue weighted by atomic mass is 10.1. The van der Waals surface area contributed by atoms with Crippen LogP contribution in [0.2, 0.25) is 0 Å². The van der Waals surface area contributed by atoms with Crippen molar-refractivity contribution < 1.29 is 19.1 Å². The number of nitrogens with zero attached hydrogens (tertiary/aromatic N) is 2. The molecule has 0 aliphatic carbocycles. The van der Waals surface area contributed by atoms with E-state index in [9.17, 15) is 9.59 Å². The second kappa shape index (κ2) is 5.14. The molecule has 0 amide bonds. The molecule has 6 nitrogen and oxygen atoms in total. The highest BCUT2D eigenvalue weighted by atomic mass is 16.7. The summed E-state index contributed by atoms with van der Waals surface area (Å²) >= 11 is 0. The van der Waals surface area contributed by atoms with Crippen molar-refractivity contribution in [3.63, 3.8) is 0 Å². The molecule has 1 fully saturated rings. The van der Waals surface area contributed by atoms with Crippen molar-refractivity contribution in [2.24, 2.45) is 0 Å². The van der Waals surface area contributed by atoms with Crippen LogP contribution in [0.25, 0.3) is 11.8 Å². The van der Waals surface area contributed by atoms with Crippen LogP contribution in [-0.4, -0.2) is 27.3 Å². The maximum Gasteiger partial charge on any atom is 0.348 e. The molecule has 0 radical (unpaired) electrons. The molecular formula is C16H14N2O4. The summed E-state index contributed by atoms with van der Waals surface area (Å²) in [4.78, 5) is 27.7. The van der Waals surface area contributed by atoms with Gasteiger partial charge in [0, 0.05) is 31.9 Å². The van der Waals surface area contributed by atoms with Crippen LogP contribution in [0.4, 0.5) is 0 Å². The van der Waals surface area contributed by atoms with Crippen LogP contribution < -0.4 is 0 Å². The van der Waals surface area contributed by atoms with Crippen LogP contribution in [0, 0.1) is 0 Å².